The monoisotopic (exact) mass is 401 g/mol. The number of methoxy groups -OCH3 is 1. The highest BCUT2D eigenvalue weighted by molar-refractivity contribution is 5.93. The molecule has 29 heavy (non-hydrogen) atoms. The van der Waals surface area contributed by atoms with E-state index < -0.39 is 11.9 Å². The van der Waals surface area contributed by atoms with Gasteiger partial charge in [-0.15, -0.1) is 0 Å². The predicted molar refractivity (Wildman–Crippen MR) is 104 cm³/mol. The van der Waals surface area contributed by atoms with Crippen LogP contribution in [0.5, 0.6) is 5.75 Å². The molecule has 1 saturated heterocycles. The number of piperazine rings is 1. The molecule has 2 heterocycles. The molecule has 1 aromatic carbocycles. The summed E-state index contributed by atoms with van der Waals surface area (Å²) in [4.78, 5) is 39.5. The third-order valence-corrected chi connectivity index (χ3v) is 4.55. The van der Waals surface area contributed by atoms with Crippen molar-refractivity contribution < 1.29 is 28.3 Å². The second-order valence-electron chi connectivity index (χ2n) is 6.36. The topological polar surface area (TPSA) is 101 Å². The van der Waals surface area contributed by atoms with E-state index in [9.17, 15) is 14.4 Å². The summed E-state index contributed by atoms with van der Waals surface area (Å²) in [5.41, 5.74) is 0.987. The molecule has 0 aliphatic carbocycles. The Kier molecular flexibility index (Phi) is 6.72. The lowest BCUT2D eigenvalue weighted by Crippen LogP contribution is -2.50. The third-order valence-electron chi connectivity index (χ3n) is 4.55. The van der Waals surface area contributed by atoms with Crippen LogP contribution in [0, 0.1) is 0 Å². The highest BCUT2D eigenvalue weighted by Crippen LogP contribution is 2.28. The number of hydrogen-bond acceptors (Lipinski definition) is 7. The summed E-state index contributed by atoms with van der Waals surface area (Å²) >= 11 is 0. The number of nitrogens with zero attached hydrogens (tertiary/aromatic N) is 2. The number of carbonyl (C=O) groups is 3. The largest absolute Gasteiger partial charge is 0.495 e. The second-order valence-corrected chi connectivity index (χ2v) is 6.36. The predicted octanol–water partition coefficient (Wildman–Crippen LogP) is 0.910. The molecular formula is C20H23N3O6. The van der Waals surface area contributed by atoms with E-state index in [2.05, 4.69) is 10.2 Å². The summed E-state index contributed by atoms with van der Waals surface area (Å²) in [5.74, 6) is -0.591. The van der Waals surface area contributed by atoms with Gasteiger partial charge in [-0.3, -0.25) is 14.4 Å². The number of carbonyl (C=O) groups excluding carboxylic acids is 3. The molecule has 9 heteroatoms. The Morgan fingerprint density at radius 3 is 2.52 bits per heavy atom. The van der Waals surface area contributed by atoms with Gasteiger partial charge in [0.15, 0.2) is 12.4 Å². The van der Waals surface area contributed by atoms with Crippen molar-refractivity contribution in [2.45, 2.75) is 0 Å². The summed E-state index contributed by atoms with van der Waals surface area (Å²) < 4.78 is 15.3. The molecule has 154 valence electrons. The molecule has 1 aliphatic heterocycles. The van der Waals surface area contributed by atoms with Gasteiger partial charge in [-0.25, -0.2) is 0 Å². The molecule has 0 saturated carbocycles. The maximum absolute atomic E-state index is 12.3. The smallest absolute Gasteiger partial charge is 0.325 e. The average Bonchev–Trinajstić information content (AvgIpc) is 3.31. The van der Waals surface area contributed by atoms with Crippen LogP contribution in [0.25, 0.3) is 0 Å². The minimum Gasteiger partial charge on any atom is -0.495 e. The standard InChI is InChI=1S/C20H23N3O6/c1-27-16-6-3-2-5-15(16)22-8-10-23(11-9-22)18(24)14-29-19(25)13-21-20(26)17-7-4-12-28-17/h2-7,12H,8-11,13-14H2,1H3,(H,21,26). The molecule has 2 aromatic rings. The lowest BCUT2D eigenvalue weighted by Gasteiger charge is -2.36. The summed E-state index contributed by atoms with van der Waals surface area (Å²) in [5, 5.41) is 2.37. The Balaban J connectivity index is 1.39. The Labute approximate surface area is 168 Å². The SMILES string of the molecule is COc1ccccc1N1CCN(C(=O)COC(=O)CNC(=O)c2ccco2)CC1. The number of benzene rings is 1. The van der Waals surface area contributed by atoms with Crippen molar-refractivity contribution in [1.29, 1.82) is 0 Å². The number of rotatable bonds is 7. The van der Waals surface area contributed by atoms with E-state index in [-0.39, 0.29) is 24.8 Å². The van der Waals surface area contributed by atoms with Crippen LogP contribution in [0.1, 0.15) is 10.6 Å². The van der Waals surface area contributed by atoms with E-state index in [1.54, 1.807) is 18.1 Å². The van der Waals surface area contributed by atoms with Gasteiger partial charge in [0.1, 0.15) is 12.3 Å². The fourth-order valence-corrected chi connectivity index (χ4v) is 3.02. The average molecular weight is 401 g/mol. The molecule has 0 spiro atoms. The van der Waals surface area contributed by atoms with Crippen molar-refractivity contribution in [1.82, 2.24) is 10.2 Å². The van der Waals surface area contributed by atoms with Gasteiger partial charge >= 0.3 is 5.97 Å². The van der Waals surface area contributed by atoms with Crippen LogP contribution in [-0.2, 0) is 14.3 Å². The van der Waals surface area contributed by atoms with Crippen molar-refractivity contribution in [3.8, 4) is 5.75 Å². The number of para-hydroxylation sites is 2. The van der Waals surface area contributed by atoms with Crippen LogP contribution in [0.4, 0.5) is 5.69 Å². The van der Waals surface area contributed by atoms with E-state index in [1.165, 1.54) is 12.3 Å². The molecule has 3 rings (SSSR count). The highest BCUT2D eigenvalue weighted by Gasteiger charge is 2.23. The zero-order valence-corrected chi connectivity index (χ0v) is 16.1. The van der Waals surface area contributed by atoms with Crippen LogP contribution in [0.2, 0.25) is 0 Å². The van der Waals surface area contributed by atoms with Gasteiger partial charge in [0.05, 0.1) is 19.1 Å². The molecule has 0 radical (unpaired) electrons. The Morgan fingerprint density at radius 1 is 1.07 bits per heavy atom. The van der Waals surface area contributed by atoms with Gasteiger partial charge in [0.2, 0.25) is 0 Å². The van der Waals surface area contributed by atoms with Gasteiger partial charge in [-0.2, -0.15) is 0 Å². The van der Waals surface area contributed by atoms with Crippen LogP contribution < -0.4 is 15.0 Å². The highest BCUT2D eigenvalue weighted by atomic mass is 16.5. The zero-order valence-electron chi connectivity index (χ0n) is 16.1. The zero-order chi connectivity index (χ0) is 20.6. The van der Waals surface area contributed by atoms with Crippen molar-refractivity contribution in [2.24, 2.45) is 0 Å². The normalized spacial score (nSPS) is 13.7. The number of ether oxygens (including phenoxy) is 2. The Morgan fingerprint density at radius 2 is 1.83 bits per heavy atom. The minimum atomic E-state index is -0.689. The van der Waals surface area contributed by atoms with E-state index in [4.69, 9.17) is 13.9 Å². The minimum absolute atomic E-state index is 0.0989. The number of amides is 2. The maximum atomic E-state index is 12.3. The molecule has 0 unspecified atom stereocenters. The molecule has 0 bridgehead atoms. The number of furan rings is 1. The lowest BCUT2D eigenvalue weighted by atomic mass is 10.2. The Hall–Kier alpha value is -3.49. The van der Waals surface area contributed by atoms with Gasteiger partial charge in [0.25, 0.3) is 11.8 Å². The molecule has 9 nitrogen and oxygen atoms in total. The first-order valence-electron chi connectivity index (χ1n) is 9.21. The Bertz CT molecular complexity index is 844. The molecule has 1 fully saturated rings. The molecule has 0 atom stereocenters. The van der Waals surface area contributed by atoms with Gasteiger partial charge in [-0.05, 0) is 24.3 Å². The third kappa shape index (κ3) is 5.28. The number of anilines is 1. The van der Waals surface area contributed by atoms with Gasteiger partial charge in [0, 0.05) is 26.2 Å². The first-order chi connectivity index (χ1) is 14.1. The summed E-state index contributed by atoms with van der Waals surface area (Å²) in [6, 6.07) is 10.8. The summed E-state index contributed by atoms with van der Waals surface area (Å²) in [6.07, 6.45) is 1.36. The van der Waals surface area contributed by atoms with Crippen molar-refractivity contribution >= 4 is 23.5 Å². The van der Waals surface area contributed by atoms with Crippen LogP contribution in [-0.4, -0.2) is 69.1 Å². The number of hydrogen-bond donors (Lipinski definition) is 1. The van der Waals surface area contributed by atoms with Crippen molar-refractivity contribution in [3.05, 3.63) is 48.4 Å². The summed E-state index contributed by atoms with van der Waals surface area (Å²) in [7, 11) is 1.63. The van der Waals surface area contributed by atoms with Crippen LogP contribution >= 0.6 is 0 Å². The van der Waals surface area contributed by atoms with E-state index in [0.717, 1.165) is 11.4 Å². The van der Waals surface area contributed by atoms with Gasteiger partial charge in [-0.1, -0.05) is 12.1 Å². The van der Waals surface area contributed by atoms with Gasteiger partial charge < -0.3 is 29.0 Å². The molecular weight excluding hydrogens is 378 g/mol. The number of nitrogens with one attached hydrogen (secondary N) is 1. The van der Waals surface area contributed by atoms with Crippen molar-refractivity contribution in [3.63, 3.8) is 0 Å². The fourth-order valence-electron chi connectivity index (χ4n) is 3.02. The molecule has 2 amide bonds. The van der Waals surface area contributed by atoms with E-state index in [0.29, 0.717) is 26.2 Å². The quantitative estimate of drug-likeness (QED) is 0.688. The molecule has 1 N–H and O–H groups in total. The van der Waals surface area contributed by atoms with Crippen molar-refractivity contribution in [2.75, 3.05) is 51.3 Å². The van der Waals surface area contributed by atoms with Crippen LogP contribution in [0.15, 0.2) is 47.1 Å². The molecule has 1 aliphatic rings. The first-order valence-corrected chi connectivity index (χ1v) is 9.21. The van der Waals surface area contributed by atoms with E-state index in [1.807, 2.05) is 24.3 Å². The lowest BCUT2D eigenvalue weighted by molar-refractivity contribution is -0.151. The number of esters is 1. The maximum Gasteiger partial charge on any atom is 0.325 e. The fraction of sp³-hybridized carbons (Fsp3) is 0.350. The van der Waals surface area contributed by atoms with E-state index >= 15 is 0 Å². The second kappa shape index (κ2) is 9.63. The van der Waals surface area contributed by atoms with Crippen LogP contribution in [0.3, 0.4) is 0 Å². The first kappa shape index (κ1) is 20.2. The summed E-state index contributed by atoms with van der Waals surface area (Å²) in [6.45, 7) is 1.64. The molecule has 1 aromatic heterocycles.